The first-order chi connectivity index (χ1) is 4.20. The molecule has 0 aromatic carbocycles. The van der Waals surface area contributed by atoms with Crippen LogP contribution >= 0.6 is 31.9 Å². The number of rotatable bonds is 4. The highest BCUT2D eigenvalue weighted by atomic mass is 79.9. The summed E-state index contributed by atoms with van der Waals surface area (Å²) < 4.78 is 0. The van der Waals surface area contributed by atoms with E-state index in [-0.39, 0.29) is 0 Å². The molecule has 0 rings (SSSR count). The van der Waals surface area contributed by atoms with E-state index in [0.29, 0.717) is 0 Å². The summed E-state index contributed by atoms with van der Waals surface area (Å²) in [6, 6.07) is 0. The lowest BCUT2D eigenvalue weighted by molar-refractivity contribution is 0.484. The third kappa shape index (κ3) is 5.41. The Hall–Kier alpha value is 0.960. The fourth-order valence-electron chi connectivity index (χ4n) is 0.834. The average Bonchev–Trinajstić information content (AvgIpc) is 1.82. The second-order valence-electron chi connectivity index (χ2n) is 2.80. The Morgan fingerprint density at radius 2 is 1.56 bits per heavy atom. The first kappa shape index (κ1) is 9.96. The Morgan fingerprint density at radius 3 is 1.67 bits per heavy atom. The van der Waals surface area contributed by atoms with E-state index >= 15 is 0 Å². The van der Waals surface area contributed by atoms with Gasteiger partial charge in [0.2, 0.25) is 0 Å². The molecule has 0 bridgehead atoms. The molecule has 2 heteroatoms. The van der Waals surface area contributed by atoms with Crippen LogP contribution in [-0.2, 0) is 0 Å². The smallest absolute Gasteiger partial charge is 0.00677 e. The lowest BCUT2D eigenvalue weighted by Crippen LogP contribution is -2.06. The Morgan fingerprint density at radius 1 is 1.11 bits per heavy atom. The van der Waals surface area contributed by atoms with Crippen molar-refractivity contribution in [1.82, 2.24) is 0 Å². The first-order valence-electron chi connectivity index (χ1n) is 3.32. The zero-order valence-electron chi connectivity index (χ0n) is 6.03. The van der Waals surface area contributed by atoms with Gasteiger partial charge in [0.15, 0.2) is 0 Å². The van der Waals surface area contributed by atoms with Crippen LogP contribution < -0.4 is 0 Å². The van der Waals surface area contributed by atoms with Crippen molar-refractivity contribution in [2.75, 3.05) is 10.7 Å². The molecule has 0 N–H and O–H groups in total. The maximum absolute atomic E-state index is 3.47. The summed E-state index contributed by atoms with van der Waals surface area (Å²) in [5, 5.41) is 2.24. The van der Waals surface area contributed by atoms with E-state index in [1.165, 1.54) is 6.42 Å². The molecule has 9 heavy (non-hydrogen) atoms. The van der Waals surface area contributed by atoms with Crippen LogP contribution in [0.4, 0.5) is 0 Å². The van der Waals surface area contributed by atoms with Crippen LogP contribution in [0.3, 0.4) is 0 Å². The topological polar surface area (TPSA) is 0 Å². The highest BCUT2D eigenvalue weighted by molar-refractivity contribution is 9.09. The molecule has 0 aromatic rings. The lowest BCUT2D eigenvalue weighted by atomic mass is 10.0. The van der Waals surface area contributed by atoms with Gasteiger partial charge in [-0.3, -0.25) is 0 Å². The number of hydrogen-bond acceptors (Lipinski definition) is 0. The minimum atomic E-state index is 0.810. The van der Waals surface area contributed by atoms with Gasteiger partial charge in [-0.2, -0.15) is 0 Å². The monoisotopic (exact) mass is 256 g/mol. The highest BCUT2D eigenvalue weighted by Gasteiger charge is 2.06. The van der Waals surface area contributed by atoms with Gasteiger partial charge in [0.05, 0.1) is 0 Å². The van der Waals surface area contributed by atoms with Gasteiger partial charge >= 0.3 is 0 Å². The molecule has 0 aliphatic rings. The van der Waals surface area contributed by atoms with Gasteiger partial charge in [-0.25, -0.2) is 0 Å². The third-order valence-corrected chi connectivity index (χ3v) is 3.07. The normalized spacial score (nSPS) is 11.3. The lowest BCUT2D eigenvalue weighted by Gasteiger charge is -2.11. The van der Waals surface area contributed by atoms with E-state index in [1.54, 1.807) is 0 Å². The van der Waals surface area contributed by atoms with Crippen LogP contribution in [0.15, 0.2) is 0 Å². The van der Waals surface area contributed by atoms with Gasteiger partial charge in [0.25, 0.3) is 0 Å². The third-order valence-electron chi connectivity index (χ3n) is 1.24. The maximum atomic E-state index is 3.47. The molecule has 0 spiro atoms. The second-order valence-corrected chi connectivity index (χ2v) is 4.10. The predicted octanol–water partition coefficient (Wildman–Crippen LogP) is 3.44. The van der Waals surface area contributed by atoms with E-state index in [2.05, 4.69) is 45.7 Å². The number of halogens is 2. The van der Waals surface area contributed by atoms with Crippen LogP contribution in [0, 0.1) is 11.8 Å². The van der Waals surface area contributed by atoms with Crippen molar-refractivity contribution in [2.24, 2.45) is 11.8 Å². The second kappa shape index (κ2) is 5.72. The average molecular weight is 258 g/mol. The van der Waals surface area contributed by atoms with Crippen LogP contribution in [0.25, 0.3) is 0 Å². The van der Waals surface area contributed by atoms with Gasteiger partial charge < -0.3 is 0 Å². The van der Waals surface area contributed by atoms with Crippen molar-refractivity contribution in [2.45, 2.75) is 20.3 Å². The molecule has 0 radical (unpaired) electrons. The first-order valence-corrected chi connectivity index (χ1v) is 5.57. The van der Waals surface area contributed by atoms with Gasteiger partial charge in [0.1, 0.15) is 0 Å². The van der Waals surface area contributed by atoms with E-state index in [4.69, 9.17) is 0 Å². The van der Waals surface area contributed by atoms with Crippen molar-refractivity contribution in [3.05, 3.63) is 0 Å². The maximum Gasteiger partial charge on any atom is 0.00677 e. The molecule has 0 aromatic heterocycles. The van der Waals surface area contributed by atoms with Crippen LogP contribution in [-0.4, -0.2) is 10.7 Å². The number of hydrogen-bond donors (Lipinski definition) is 0. The molecule has 0 fully saturated rings. The van der Waals surface area contributed by atoms with Crippen molar-refractivity contribution in [3.63, 3.8) is 0 Å². The highest BCUT2D eigenvalue weighted by Crippen LogP contribution is 2.15. The van der Waals surface area contributed by atoms with E-state index in [9.17, 15) is 0 Å². The molecule has 0 aliphatic heterocycles. The molecule has 0 unspecified atom stereocenters. The Bertz CT molecular complexity index is 57.9. The largest absolute Gasteiger partial charge is 0.0925 e. The molecule has 0 atom stereocenters. The predicted molar refractivity (Wildman–Crippen MR) is 50.5 cm³/mol. The zero-order valence-corrected chi connectivity index (χ0v) is 9.20. The van der Waals surface area contributed by atoms with Gasteiger partial charge in [0, 0.05) is 10.7 Å². The summed E-state index contributed by atoms with van der Waals surface area (Å²) in [7, 11) is 0. The SMILES string of the molecule is CC(C)CC(CBr)CBr. The molecule has 0 amide bonds. The Balaban J connectivity index is 3.31. The van der Waals surface area contributed by atoms with Gasteiger partial charge in [-0.15, -0.1) is 0 Å². The van der Waals surface area contributed by atoms with Crippen molar-refractivity contribution in [1.29, 1.82) is 0 Å². The minimum absolute atomic E-state index is 0.810. The van der Waals surface area contributed by atoms with Crippen molar-refractivity contribution in [3.8, 4) is 0 Å². The Labute approximate surface area is 74.7 Å². The van der Waals surface area contributed by atoms with Gasteiger partial charge in [-0.05, 0) is 18.3 Å². The minimum Gasteiger partial charge on any atom is -0.0925 e. The van der Waals surface area contributed by atoms with E-state index < -0.39 is 0 Å². The quantitative estimate of drug-likeness (QED) is 0.677. The molecule has 0 saturated heterocycles. The van der Waals surface area contributed by atoms with Crippen molar-refractivity contribution < 1.29 is 0 Å². The molecular weight excluding hydrogens is 244 g/mol. The Kier molecular flexibility index (Phi) is 6.33. The summed E-state index contributed by atoms with van der Waals surface area (Å²) in [5.74, 6) is 1.63. The molecular formula is C7H14Br2. The fourth-order valence-corrected chi connectivity index (χ4v) is 2.43. The zero-order chi connectivity index (χ0) is 7.28. The fraction of sp³-hybridized carbons (Fsp3) is 1.00. The van der Waals surface area contributed by atoms with Crippen LogP contribution in [0.2, 0.25) is 0 Å². The molecule has 0 nitrogen and oxygen atoms in total. The summed E-state index contributed by atoms with van der Waals surface area (Å²) in [6.45, 7) is 4.52. The molecule has 56 valence electrons. The number of alkyl halides is 2. The summed E-state index contributed by atoms with van der Waals surface area (Å²) in [5.41, 5.74) is 0. The molecule has 0 heterocycles. The van der Waals surface area contributed by atoms with Crippen LogP contribution in [0.5, 0.6) is 0 Å². The molecule has 0 aliphatic carbocycles. The van der Waals surface area contributed by atoms with Crippen molar-refractivity contribution >= 4 is 31.9 Å². The van der Waals surface area contributed by atoms with E-state index in [1.807, 2.05) is 0 Å². The van der Waals surface area contributed by atoms with E-state index in [0.717, 1.165) is 22.5 Å². The molecule has 0 saturated carbocycles. The summed E-state index contributed by atoms with van der Waals surface area (Å²) >= 11 is 6.95. The summed E-state index contributed by atoms with van der Waals surface area (Å²) in [6.07, 6.45) is 1.32. The van der Waals surface area contributed by atoms with Crippen LogP contribution in [0.1, 0.15) is 20.3 Å². The van der Waals surface area contributed by atoms with Gasteiger partial charge in [-0.1, -0.05) is 45.7 Å². The summed E-state index contributed by atoms with van der Waals surface area (Å²) in [4.78, 5) is 0. The standard InChI is InChI=1S/C7H14Br2/c1-6(2)3-7(4-8)5-9/h6-7H,3-5H2,1-2H3.